The normalized spacial score (nSPS) is 57.1. The summed E-state index contributed by atoms with van der Waals surface area (Å²) < 4.78 is 10.7. The van der Waals surface area contributed by atoms with E-state index in [1.165, 1.54) is 0 Å². The Bertz CT molecular complexity index is 803. The lowest BCUT2D eigenvalue weighted by molar-refractivity contribution is -0.216. The molecule has 0 amide bonds. The molecule has 5 fully saturated rings. The summed E-state index contributed by atoms with van der Waals surface area (Å²) in [7, 11) is 0. The highest BCUT2D eigenvalue weighted by atomic mass is 16.6. The zero-order chi connectivity index (χ0) is 20.9. The Kier molecular flexibility index (Phi) is 4.02. The van der Waals surface area contributed by atoms with Gasteiger partial charge in [-0.05, 0) is 92.4 Å². The number of carbonyl (C=O) groups excluding carboxylic acids is 1. The van der Waals surface area contributed by atoms with E-state index in [-0.39, 0.29) is 28.8 Å². The van der Waals surface area contributed by atoms with Crippen molar-refractivity contribution in [2.75, 3.05) is 6.61 Å². The van der Waals surface area contributed by atoms with E-state index in [4.69, 9.17) is 9.47 Å². The first-order valence-corrected chi connectivity index (χ1v) is 12.1. The van der Waals surface area contributed by atoms with Gasteiger partial charge >= 0.3 is 5.97 Å². The second kappa shape index (κ2) is 6.11. The third-order valence-corrected chi connectivity index (χ3v) is 11.0. The van der Waals surface area contributed by atoms with Crippen LogP contribution < -0.4 is 0 Å². The third-order valence-electron chi connectivity index (χ3n) is 11.0. The molecule has 0 aromatic rings. The lowest BCUT2D eigenvalue weighted by Crippen LogP contribution is -2.63. The molecular formula is C25H36O5. The smallest absolute Gasteiger partial charge is 0.314 e. The highest BCUT2D eigenvalue weighted by molar-refractivity contribution is 5.76. The van der Waals surface area contributed by atoms with Gasteiger partial charge in [0.25, 0.3) is 0 Å². The molecule has 4 saturated carbocycles. The van der Waals surface area contributed by atoms with Crippen molar-refractivity contribution < 1.29 is 24.5 Å². The molecule has 5 nitrogen and oxygen atoms in total. The maximum atomic E-state index is 12.2. The van der Waals surface area contributed by atoms with E-state index in [2.05, 4.69) is 13.8 Å². The average molecular weight is 417 g/mol. The zero-order valence-corrected chi connectivity index (χ0v) is 18.4. The number of epoxide rings is 1. The molecule has 0 aromatic carbocycles. The molecule has 2 N–H and O–H groups in total. The van der Waals surface area contributed by atoms with Crippen LogP contribution in [0.5, 0.6) is 0 Å². The first-order chi connectivity index (χ1) is 14.2. The van der Waals surface area contributed by atoms with Gasteiger partial charge in [-0.1, -0.05) is 13.8 Å². The van der Waals surface area contributed by atoms with Gasteiger partial charge in [0.05, 0.1) is 30.5 Å². The Morgan fingerprint density at radius 2 is 1.80 bits per heavy atom. The minimum absolute atomic E-state index is 0.0545. The molecule has 5 heteroatoms. The zero-order valence-electron chi connectivity index (χ0n) is 18.4. The molecule has 30 heavy (non-hydrogen) atoms. The lowest BCUT2D eigenvalue weighted by atomic mass is 9.42. The van der Waals surface area contributed by atoms with Gasteiger partial charge < -0.3 is 19.7 Å². The fourth-order valence-corrected chi connectivity index (χ4v) is 9.08. The SMILES string of the molecule is C[C@]12CC[C@](O)(C3CO3)C[C@H]1CC[C@@H]1[C@@H]2CC[C@]2(C)[C@@H](C3=COC(=O)C3)CC[C@]12O. The largest absolute Gasteiger partial charge is 0.434 e. The minimum atomic E-state index is -0.658. The summed E-state index contributed by atoms with van der Waals surface area (Å²) in [5.74, 6) is 1.47. The Morgan fingerprint density at radius 1 is 1.00 bits per heavy atom. The summed E-state index contributed by atoms with van der Waals surface area (Å²) in [6, 6.07) is 0. The predicted octanol–water partition coefficient (Wildman–Crippen LogP) is 3.72. The lowest BCUT2D eigenvalue weighted by Gasteiger charge is -2.64. The fraction of sp³-hybridized carbons (Fsp3) is 0.880. The summed E-state index contributed by atoms with van der Waals surface area (Å²) in [5, 5.41) is 23.4. The van der Waals surface area contributed by atoms with Crippen molar-refractivity contribution >= 4 is 5.97 Å². The first-order valence-electron chi connectivity index (χ1n) is 12.1. The Balaban J connectivity index is 1.28. The van der Waals surface area contributed by atoms with Crippen LogP contribution in [0.4, 0.5) is 0 Å². The van der Waals surface area contributed by atoms with Gasteiger partial charge in [0.15, 0.2) is 0 Å². The number of ether oxygens (including phenoxy) is 2. The van der Waals surface area contributed by atoms with Crippen molar-refractivity contribution in [1.29, 1.82) is 0 Å². The van der Waals surface area contributed by atoms with Gasteiger partial charge in [0.1, 0.15) is 6.10 Å². The van der Waals surface area contributed by atoms with Crippen LogP contribution in [0, 0.1) is 34.5 Å². The summed E-state index contributed by atoms with van der Waals surface area (Å²) in [5.41, 5.74) is -0.158. The third kappa shape index (κ3) is 2.43. The van der Waals surface area contributed by atoms with Crippen molar-refractivity contribution in [3.05, 3.63) is 11.8 Å². The minimum Gasteiger partial charge on any atom is -0.434 e. The van der Waals surface area contributed by atoms with Crippen LogP contribution in [-0.2, 0) is 14.3 Å². The van der Waals surface area contributed by atoms with Crippen LogP contribution in [0.25, 0.3) is 0 Å². The standard InChI is InChI=1S/C25H36O5/c1-22-9-10-24(27,20-14-29-20)12-16(22)3-4-19-18(22)5-7-23(2)17(6-8-25(19,23)28)15-11-21(26)30-13-15/h13,16-20,27-28H,3-12,14H2,1-2H3/t16-,17-,18+,19-,20?,22+,23-,24-,25+/m1/s1. The number of cyclic esters (lactones) is 1. The molecule has 2 aliphatic heterocycles. The molecule has 0 bridgehead atoms. The van der Waals surface area contributed by atoms with Crippen molar-refractivity contribution in [2.24, 2.45) is 34.5 Å². The van der Waals surface area contributed by atoms with Crippen LogP contribution in [0.2, 0.25) is 0 Å². The molecule has 1 unspecified atom stereocenters. The molecule has 0 aromatic heterocycles. The number of carbonyl (C=O) groups is 1. The first kappa shape index (κ1) is 19.8. The number of hydrogen-bond donors (Lipinski definition) is 2. The number of rotatable bonds is 2. The van der Waals surface area contributed by atoms with Crippen LogP contribution in [0.3, 0.4) is 0 Å². The molecule has 4 aliphatic carbocycles. The quantitative estimate of drug-likeness (QED) is 0.530. The van der Waals surface area contributed by atoms with Crippen LogP contribution in [0.1, 0.15) is 78.1 Å². The van der Waals surface area contributed by atoms with Crippen LogP contribution in [-0.4, -0.2) is 40.1 Å². The number of esters is 1. The van der Waals surface area contributed by atoms with E-state index in [9.17, 15) is 15.0 Å². The van der Waals surface area contributed by atoms with Crippen molar-refractivity contribution in [3.8, 4) is 0 Å². The van der Waals surface area contributed by atoms with Crippen LogP contribution >= 0.6 is 0 Å². The Morgan fingerprint density at radius 3 is 2.50 bits per heavy atom. The summed E-state index contributed by atoms with van der Waals surface area (Å²) >= 11 is 0. The molecule has 2 heterocycles. The van der Waals surface area contributed by atoms with E-state index in [1.807, 2.05) is 0 Å². The number of hydrogen-bond acceptors (Lipinski definition) is 5. The molecule has 0 spiro atoms. The molecule has 0 radical (unpaired) electrons. The topological polar surface area (TPSA) is 79.3 Å². The second-order valence-corrected chi connectivity index (χ2v) is 12.0. The van der Waals surface area contributed by atoms with Gasteiger partial charge in [0, 0.05) is 5.41 Å². The maximum absolute atomic E-state index is 12.2. The maximum Gasteiger partial charge on any atom is 0.314 e. The average Bonchev–Trinajstić information content (AvgIpc) is 3.43. The van der Waals surface area contributed by atoms with E-state index >= 15 is 0 Å². The number of fused-ring (bicyclic) bond motifs is 5. The highest BCUT2D eigenvalue weighted by Crippen LogP contribution is 2.70. The molecule has 1 saturated heterocycles. The monoisotopic (exact) mass is 416 g/mol. The Hall–Kier alpha value is -0.910. The molecule has 6 rings (SSSR count). The predicted molar refractivity (Wildman–Crippen MR) is 110 cm³/mol. The van der Waals surface area contributed by atoms with Gasteiger partial charge in [-0.2, -0.15) is 0 Å². The molecule has 9 atom stereocenters. The van der Waals surface area contributed by atoms with E-state index in [0.29, 0.717) is 30.8 Å². The van der Waals surface area contributed by atoms with Crippen molar-refractivity contribution in [3.63, 3.8) is 0 Å². The van der Waals surface area contributed by atoms with Gasteiger partial charge in [-0.3, -0.25) is 4.79 Å². The van der Waals surface area contributed by atoms with Gasteiger partial charge in [0.2, 0.25) is 0 Å². The summed E-state index contributed by atoms with van der Waals surface area (Å²) in [6.07, 6.45) is 11.0. The fourth-order valence-electron chi connectivity index (χ4n) is 9.08. The van der Waals surface area contributed by atoms with Crippen LogP contribution in [0.15, 0.2) is 11.8 Å². The van der Waals surface area contributed by atoms with E-state index < -0.39 is 11.2 Å². The van der Waals surface area contributed by atoms with Gasteiger partial charge in [-0.25, -0.2) is 0 Å². The Labute approximate surface area is 179 Å². The number of aliphatic hydroxyl groups is 2. The van der Waals surface area contributed by atoms with E-state index in [1.54, 1.807) is 6.26 Å². The highest BCUT2D eigenvalue weighted by Gasteiger charge is 2.68. The molecular weight excluding hydrogens is 380 g/mol. The van der Waals surface area contributed by atoms with Crippen molar-refractivity contribution in [1.82, 2.24) is 0 Å². The summed E-state index contributed by atoms with van der Waals surface area (Å²) in [4.78, 5) is 11.7. The molecule has 166 valence electrons. The van der Waals surface area contributed by atoms with Crippen molar-refractivity contribution in [2.45, 2.75) is 95.4 Å². The van der Waals surface area contributed by atoms with Gasteiger partial charge in [-0.15, -0.1) is 0 Å². The second-order valence-electron chi connectivity index (χ2n) is 12.0. The van der Waals surface area contributed by atoms with E-state index in [0.717, 1.165) is 63.4 Å². The summed E-state index contributed by atoms with van der Waals surface area (Å²) in [6.45, 7) is 5.45. The molecule has 6 aliphatic rings.